The molecule has 1 aromatic rings. The Balaban J connectivity index is 1.55. The average molecular weight is 327 g/mol. The van der Waals surface area contributed by atoms with Crippen LogP contribution in [0.15, 0.2) is 17.6 Å². The van der Waals surface area contributed by atoms with Crippen LogP contribution in [0.1, 0.15) is 12.8 Å². The molecule has 3 heterocycles. The number of carbonyl (C=O) groups excluding carboxylic acids is 1. The lowest BCUT2D eigenvalue weighted by Gasteiger charge is -2.46. The summed E-state index contributed by atoms with van der Waals surface area (Å²) in [7, 11) is -1.73. The van der Waals surface area contributed by atoms with Crippen LogP contribution >= 0.6 is 0 Å². The van der Waals surface area contributed by atoms with Crippen molar-refractivity contribution in [2.45, 2.75) is 23.9 Å². The van der Waals surface area contributed by atoms with Gasteiger partial charge in [-0.3, -0.25) is 9.69 Å². The van der Waals surface area contributed by atoms with E-state index in [0.29, 0.717) is 13.1 Å². The molecule has 0 aliphatic carbocycles. The van der Waals surface area contributed by atoms with Gasteiger partial charge >= 0.3 is 0 Å². The zero-order chi connectivity index (χ0) is 15.9. The first kappa shape index (κ1) is 15.4. The van der Waals surface area contributed by atoms with Gasteiger partial charge in [-0.25, -0.2) is 13.4 Å². The van der Waals surface area contributed by atoms with E-state index < -0.39 is 10.0 Å². The van der Waals surface area contributed by atoms with Crippen LogP contribution in [-0.2, 0) is 21.9 Å². The van der Waals surface area contributed by atoms with Crippen molar-refractivity contribution in [2.24, 2.45) is 18.7 Å². The number of hydrogen-bond acceptors (Lipinski definition) is 5. The number of aromatic nitrogens is 2. The summed E-state index contributed by atoms with van der Waals surface area (Å²) in [6, 6.07) is 0.229. The molecule has 2 fully saturated rings. The second-order valence-corrected chi connectivity index (χ2v) is 7.95. The quantitative estimate of drug-likeness (QED) is 0.763. The Kier molecular flexibility index (Phi) is 3.96. The van der Waals surface area contributed by atoms with E-state index >= 15 is 0 Å². The predicted molar refractivity (Wildman–Crippen MR) is 79.2 cm³/mol. The Morgan fingerprint density at radius 3 is 2.45 bits per heavy atom. The third-order valence-electron chi connectivity index (χ3n) is 4.56. The Morgan fingerprint density at radius 1 is 1.32 bits per heavy atom. The first-order valence-corrected chi connectivity index (χ1v) is 8.83. The molecule has 0 radical (unpaired) electrons. The number of nitrogens with zero attached hydrogens (tertiary/aromatic N) is 4. The lowest BCUT2D eigenvalue weighted by Crippen LogP contribution is -2.62. The maximum Gasteiger partial charge on any atom is 0.262 e. The Morgan fingerprint density at radius 2 is 1.95 bits per heavy atom. The number of likely N-dealkylation sites (tertiary alicyclic amines) is 1. The van der Waals surface area contributed by atoms with Crippen LogP contribution in [0, 0.1) is 5.92 Å². The summed E-state index contributed by atoms with van der Waals surface area (Å²) >= 11 is 0. The molecule has 0 aromatic carbocycles. The molecule has 0 atom stereocenters. The van der Waals surface area contributed by atoms with Crippen LogP contribution < -0.4 is 5.73 Å². The van der Waals surface area contributed by atoms with Crippen LogP contribution in [-0.4, -0.2) is 65.3 Å². The van der Waals surface area contributed by atoms with Crippen molar-refractivity contribution in [3.63, 3.8) is 0 Å². The van der Waals surface area contributed by atoms with Gasteiger partial charge in [0.15, 0.2) is 5.03 Å². The highest BCUT2D eigenvalue weighted by Gasteiger charge is 2.41. The average Bonchev–Trinajstić information content (AvgIpc) is 2.85. The second kappa shape index (κ2) is 5.64. The fraction of sp³-hybridized carbons (Fsp3) is 0.692. The molecule has 0 bridgehead atoms. The van der Waals surface area contributed by atoms with Crippen molar-refractivity contribution >= 4 is 15.9 Å². The van der Waals surface area contributed by atoms with Gasteiger partial charge in [0, 0.05) is 38.3 Å². The van der Waals surface area contributed by atoms with Crippen molar-refractivity contribution in [1.29, 1.82) is 0 Å². The van der Waals surface area contributed by atoms with Crippen molar-refractivity contribution in [3.05, 3.63) is 12.5 Å². The Hall–Kier alpha value is -1.45. The van der Waals surface area contributed by atoms with Gasteiger partial charge in [0.1, 0.15) is 0 Å². The zero-order valence-corrected chi connectivity index (χ0v) is 13.4. The summed E-state index contributed by atoms with van der Waals surface area (Å²) in [5.74, 6) is -0.266. The fourth-order valence-electron chi connectivity index (χ4n) is 3.05. The monoisotopic (exact) mass is 327 g/mol. The van der Waals surface area contributed by atoms with Gasteiger partial charge in [0.25, 0.3) is 10.0 Å². The van der Waals surface area contributed by atoms with Crippen LogP contribution in [0.25, 0.3) is 0 Å². The van der Waals surface area contributed by atoms with Crippen molar-refractivity contribution < 1.29 is 13.2 Å². The van der Waals surface area contributed by atoms with E-state index in [2.05, 4.69) is 9.88 Å². The first-order valence-electron chi connectivity index (χ1n) is 7.39. The van der Waals surface area contributed by atoms with Gasteiger partial charge in [0.2, 0.25) is 5.91 Å². The largest absolute Gasteiger partial charge is 0.369 e. The Labute approximate surface area is 129 Å². The number of rotatable bonds is 4. The smallest absolute Gasteiger partial charge is 0.262 e. The number of carbonyl (C=O) groups is 1. The number of piperidine rings is 1. The minimum absolute atomic E-state index is 0.0373. The van der Waals surface area contributed by atoms with Crippen LogP contribution in [0.3, 0.4) is 0 Å². The first-order chi connectivity index (χ1) is 10.4. The fourth-order valence-corrected chi connectivity index (χ4v) is 4.53. The molecule has 0 saturated carbocycles. The maximum absolute atomic E-state index is 12.4. The number of primary amides is 1. The zero-order valence-electron chi connectivity index (χ0n) is 12.6. The van der Waals surface area contributed by atoms with Gasteiger partial charge in [-0.05, 0) is 25.9 Å². The second-order valence-electron chi connectivity index (χ2n) is 6.07. The molecule has 9 heteroatoms. The maximum atomic E-state index is 12.4. The molecule has 8 nitrogen and oxygen atoms in total. The molecule has 2 saturated heterocycles. The normalized spacial score (nSPS) is 22.6. The van der Waals surface area contributed by atoms with Crippen molar-refractivity contribution in [2.75, 3.05) is 26.2 Å². The number of amides is 1. The lowest BCUT2D eigenvalue weighted by molar-refractivity contribution is -0.123. The summed E-state index contributed by atoms with van der Waals surface area (Å²) in [5.41, 5.74) is 5.33. The molecule has 0 unspecified atom stereocenters. The third-order valence-corrected chi connectivity index (χ3v) is 6.28. The summed E-state index contributed by atoms with van der Waals surface area (Å²) in [5, 5.41) is 0.0980. The molecular weight excluding hydrogens is 306 g/mol. The van der Waals surface area contributed by atoms with E-state index in [-0.39, 0.29) is 22.9 Å². The van der Waals surface area contributed by atoms with Crippen molar-refractivity contribution in [3.8, 4) is 0 Å². The molecule has 1 aromatic heterocycles. The predicted octanol–water partition coefficient (Wildman–Crippen LogP) is -1.01. The highest BCUT2D eigenvalue weighted by atomic mass is 32.2. The van der Waals surface area contributed by atoms with Crippen LogP contribution in [0.5, 0.6) is 0 Å². The molecule has 2 aliphatic heterocycles. The highest BCUT2D eigenvalue weighted by molar-refractivity contribution is 7.89. The van der Waals surface area contributed by atoms with Crippen LogP contribution in [0.4, 0.5) is 0 Å². The minimum atomic E-state index is -3.48. The van der Waals surface area contributed by atoms with E-state index in [4.69, 9.17) is 5.73 Å². The molecule has 2 N–H and O–H groups in total. The summed E-state index contributed by atoms with van der Waals surface area (Å²) in [4.78, 5) is 17.3. The summed E-state index contributed by atoms with van der Waals surface area (Å²) in [6.07, 6.45) is 4.53. The molecule has 3 rings (SSSR count). The number of hydrogen-bond donors (Lipinski definition) is 1. The summed E-state index contributed by atoms with van der Waals surface area (Å²) in [6.45, 7) is 2.58. The topological polar surface area (TPSA) is 102 Å². The van der Waals surface area contributed by atoms with Gasteiger partial charge in [-0.15, -0.1) is 0 Å². The molecular formula is C13H21N5O3S. The summed E-state index contributed by atoms with van der Waals surface area (Å²) < 4.78 is 27.8. The number of nitrogens with two attached hydrogens (primary N) is 1. The lowest BCUT2D eigenvalue weighted by atomic mass is 9.94. The van der Waals surface area contributed by atoms with Gasteiger partial charge in [-0.2, -0.15) is 4.31 Å². The molecule has 122 valence electrons. The van der Waals surface area contributed by atoms with Gasteiger partial charge in [-0.1, -0.05) is 0 Å². The minimum Gasteiger partial charge on any atom is -0.369 e. The van der Waals surface area contributed by atoms with E-state index in [1.165, 1.54) is 16.8 Å². The Bertz CT molecular complexity index is 657. The number of sulfonamides is 1. The molecule has 0 spiro atoms. The van der Waals surface area contributed by atoms with E-state index in [1.54, 1.807) is 11.6 Å². The SMILES string of the molecule is Cn1cnc(S(=O)(=O)N2CC(N3CCC(C(N)=O)CC3)C2)c1. The van der Waals surface area contributed by atoms with Crippen molar-refractivity contribution in [1.82, 2.24) is 18.8 Å². The van der Waals surface area contributed by atoms with Gasteiger partial charge in [0.05, 0.1) is 6.33 Å². The molecule has 22 heavy (non-hydrogen) atoms. The van der Waals surface area contributed by atoms with Crippen LogP contribution in [0.2, 0.25) is 0 Å². The third kappa shape index (κ3) is 2.75. The number of aryl methyl sites for hydroxylation is 1. The molecule has 2 aliphatic rings. The standard InChI is InChI=1S/C13H21N5O3S/c1-16-8-12(15-9-16)22(20,21)18-6-11(7-18)17-4-2-10(3-5-17)13(14)19/h8-11H,2-7H2,1H3,(H2,14,19). The number of imidazole rings is 1. The van der Waals surface area contributed by atoms with E-state index in [9.17, 15) is 13.2 Å². The van der Waals surface area contributed by atoms with E-state index in [0.717, 1.165) is 25.9 Å². The highest BCUT2D eigenvalue weighted by Crippen LogP contribution is 2.26. The molecule has 1 amide bonds. The van der Waals surface area contributed by atoms with Gasteiger partial charge < -0.3 is 10.3 Å². The van der Waals surface area contributed by atoms with E-state index in [1.807, 2.05) is 0 Å².